The smallest absolute Gasteiger partial charge is 0.862 e. The molecule has 0 aliphatic heterocycles. The molecule has 0 unspecified atom stereocenters. The van der Waals surface area contributed by atoms with Gasteiger partial charge in [0.15, 0.2) is 0 Å². The van der Waals surface area contributed by atoms with Gasteiger partial charge in [0.1, 0.15) is 0 Å². The minimum Gasteiger partial charge on any atom is -0.862 e. The van der Waals surface area contributed by atoms with Crippen molar-refractivity contribution in [2.75, 3.05) is 12.3 Å². The van der Waals surface area contributed by atoms with Crippen molar-refractivity contribution in [3.8, 4) is 0 Å². The zero-order valence-electron chi connectivity index (χ0n) is 14.2. The third kappa shape index (κ3) is 21.0. The Morgan fingerprint density at radius 1 is 0.955 bits per heavy atom. The van der Waals surface area contributed by atoms with Crippen molar-refractivity contribution in [1.29, 1.82) is 0 Å². The number of hydrogen-bond acceptors (Lipinski definition) is 4. The zero-order chi connectivity index (χ0) is 16.0. The third-order valence-electron chi connectivity index (χ3n) is 3.38. The molecule has 0 rings (SSSR count). The number of unbranched alkanes of at least 4 members (excludes halogenated alkanes) is 9. The Morgan fingerprint density at radius 3 is 1.86 bits per heavy atom. The van der Waals surface area contributed by atoms with Gasteiger partial charge in [-0.15, -0.1) is 0 Å². The molecule has 0 radical (unpaired) electrons. The largest absolute Gasteiger partial charge is 1.00 e. The summed E-state index contributed by atoms with van der Waals surface area (Å²) < 4.78 is 29.4. The minimum atomic E-state index is -4.01. The topological polar surface area (TPSA) is 89.8 Å². The molecule has 126 valence electrons. The van der Waals surface area contributed by atoms with E-state index >= 15 is 0 Å². The summed E-state index contributed by atoms with van der Waals surface area (Å²) in [5, 5.41) is 11.3. The molecule has 0 bridgehead atoms. The van der Waals surface area contributed by atoms with Crippen molar-refractivity contribution in [2.24, 2.45) is 4.99 Å². The molecule has 0 spiro atoms. The first-order valence-electron chi connectivity index (χ1n) is 8.11. The maximum absolute atomic E-state index is 11.3. The second-order valence-corrected chi connectivity index (χ2v) is 7.07. The van der Waals surface area contributed by atoms with Gasteiger partial charge in [-0.1, -0.05) is 64.7 Å². The Morgan fingerprint density at radius 2 is 1.41 bits per heavy atom. The molecular weight excluding hydrogens is 329 g/mol. The monoisotopic (exact) mass is 359 g/mol. The van der Waals surface area contributed by atoms with E-state index in [1.165, 1.54) is 44.9 Å². The molecule has 0 aromatic heterocycles. The normalized spacial score (nSPS) is 12.2. The average Bonchev–Trinajstić information content (AvgIpc) is 2.39. The van der Waals surface area contributed by atoms with Gasteiger partial charge in [-0.2, -0.15) is 8.42 Å². The first-order valence-corrected chi connectivity index (χ1v) is 9.72. The Balaban J connectivity index is 0. The molecule has 0 aromatic rings. The minimum absolute atomic E-state index is 0. The first kappa shape index (κ1) is 25.3. The van der Waals surface area contributed by atoms with Gasteiger partial charge < -0.3 is 10.1 Å². The summed E-state index contributed by atoms with van der Waals surface area (Å²) in [6, 6.07) is 0. The van der Waals surface area contributed by atoms with Gasteiger partial charge in [0.25, 0.3) is 10.1 Å². The van der Waals surface area contributed by atoms with Gasteiger partial charge in [0.2, 0.25) is 0 Å². The molecule has 0 fully saturated rings. The van der Waals surface area contributed by atoms with Gasteiger partial charge in [-0.3, -0.25) is 4.55 Å². The van der Waals surface area contributed by atoms with Crippen LogP contribution < -0.4 is 56.5 Å². The maximum Gasteiger partial charge on any atom is 1.00 e. The quantitative estimate of drug-likeness (QED) is 0.155. The SMILES string of the molecule is CCCCCCCCCCCCC([O-])=NCCS(=O)(=O)O.[K+]. The maximum atomic E-state index is 11.3. The van der Waals surface area contributed by atoms with Gasteiger partial charge in [-0.05, 0) is 18.7 Å². The molecule has 0 amide bonds. The van der Waals surface area contributed by atoms with Crippen LogP contribution in [0.15, 0.2) is 4.99 Å². The number of aliphatic imine (C=N–C) groups is 1. The molecule has 7 heteroatoms. The van der Waals surface area contributed by atoms with Crippen LogP contribution in [0.1, 0.15) is 77.6 Å². The van der Waals surface area contributed by atoms with E-state index in [-0.39, 0.29) is 63.8 Å². The van der Waals surface area contributed by atoms with E-state index in [2.05, 4.69) is 11.9 Å². The Labute approximate surface area is 178 Å². The van der Waals surface area contributed by atoms with E-state index in [1.54, 1.807) is 0 Å². The average molecular weight is 360 g/mol. The summed E-state index contributed by atoms with van der Waals surface area (Å²) in [6.45, 7) is 2.08. The van der Waals surface area contributed by atoms with E-state index in [0.29, 0.717) is 6.42 Å². The van der Waals surface area contributed by atoms with Crippen LogP contribution in [0.3, 0.4) is 0 Å². The van der Waals surface area contributed by atoms with Crippen LogP contribution >= 0.6 is 0 Å². The first-order chi connectivity index (χ1) is 9.95. The van der Waals surface area contributed by atoms with Crippen LogP contribution in [-0.2, 0) is 10.1 Å². The molecule has 1 N–H and O–H groups in total. The summed E-state index contributed by atoms with van der Waals surface area (Å²) in [5.41, 5.74) is 0. The fourth-order valence-corrected chi connectivity index (χ4v) is 2.45. The molecule has 0 saturated heterocycles. The van der Waals surface area contributed by atoms with Crippen LogP contribution in [0.25, 0.3) is 0 Å². The summed E-state index contributed by atoms with van der Waals surface area (Å²) in [4.78, 5) is 3.61. The molecular formula is C15H30KNO4S. The van der Waals surface area contributed by atoms with Crippen LogP contribution in [-0.4, -0.2) is 31.2 Å². The molecule has 5 nitrogen and oxygen atoms in total. The van der Waals surface area contributed by atoms with Crippen LogP contribution in [0.4, 0.5) is 0 Å². The molecule has 0 atom stereocenters. The zero-order valence-corrected chi connectivity index (χ0v) is 18.2. The van der Waals surface area contributed by atoms with Crippen LogP contribution in [0.5, 0.6) is 0 Å². The van der Waals surface area contributed by atoms with Gasteiger partial charge in [0, 0.05) is 0 Å². The molecule has 0 aliphatic rings. The standard InChI is InChI=1S/C15H31NO4S.K/c1-2-3-4-5-6-7-8-9-10-11-12-15(17)16-13-14-21(18,19)20;/h2-14H2,1H3,(H,16,17)(H,18,19,20);/q;+1/p-1. The van der Waals surface area contributed by atoms with Gasteiger partial charge >= 0.3 is 51.4 Å². The Kier molecular flexibility index (Phi) is 19.4. The summed E-state index contributed by atoms with van der Waals surface area (Å²) >= 11 is 0. The van der Waals surface area contributed by atoms with E-state index in [9.17, 15) is 13.5 Å². The molecule has 0 aromatic carbocycles. The van der Waals surface area contributed by atoms with Gasteiger partial charge in [-0.25, -0.2) is 0 Å². The Hall–Kier alpha value is 1.02. The summed E-state index contributed by atoms with van der Waals surface area (Å²) in [5.74, 6) is -0.741. The van der Waals surface area contributed by atoms with Crippen LogP contribution in [0, 0.1) is 0 Å². The van der Waals surface area contributed by atoms with E-state index < -0.39 is 15.9 Å². The molecule has 0 saturated carbocycles. The second kappa shape index (κ2) is 16.9. The number of hydrogen-bond donors (Lipinski definition) is 1. The van der Waals surface area contributed by atoms with E-state index in [1.807, 2.05) is 0 Å². The van der Waals surface area contributed by atoms with Crippen molar-refractivity contribution >= 4 is 16.0 Å². The molecule has 0 aliphatic carbocycles. The predicted octanol–water partition coefficient (Wildman–Crippen LogP) is -0.0520. The fraction of sp³-hybridized carbons (Fsp3) is 0.933. The van der Waals surface area contributed by atoms with Crippen molar-refractivity contribution in [3.63, 3.8) is 0 Å². The second-order valence-electron chi connectivity index (χ2n) is 5.49. The molecule has 22 heavy (non-hydrogen) atoms. The number of nitrogens with zero attached hydrogens (tertiary/aromatic N) is 1. The van der Waals surface area contributed by atoms with Crippen molar-refractivity contribution in [1.82, 2.24) is 0 Å². The van der Waals surface area contributed by atoms with Crippen LogP contribution in [0.2, 0.25) is 0 Å². The van der Waals surface area contributed by atoms with Crippen molar-refractivity contribution in [2.45, 2.75) is 77.6 Å². The van der Waals surface area contributed by atoms with Crippen molar-refractivity contribution < 1.29 is 69.5 Å². The summed E-state index contributed by atoms with van der Waals surface area (Å²) in [6.07, 6.45) is 12.5. The fourth-order valence-electron chi connectivity index (χ4n) is 2.13. The van der Waals surface area contributed by atoms with Gasteiger partial charge in [0.05, 0.1) is 12.3 Å². The Bertz CT molecular complexity index is 372. The molecule has 0 heterocycles. The van der Waals surface area contributed by atoms with E-state index in [4.69, 9.17) is 4.55 Å². The number of rotatable bonds is 14. The van der Waals surface area contributed by atoms with E-state index in [0.717, 1.165) is 19.3 Å². The summed E-state index contributed by atoms with van der Waals surface area (Å²) in [7, 11) is -4.01. The van der Waals surface area contributed by atoms with Crippen molar-refractivity contribution in [3.05, 3.63) is 0 Å². The third-order valence-corrected chi connectivity index (χ3v) is 4.08. The predicted molar refractivity (Wildman–Crippen MR) is 85.2 cm³/mol.